The van der Waals surface area contributed by atoms with E-state index in [-0.39, 0.29) is 69.3 Å². The van der Waals surface area contributed by atoms with E-state index >= 15 is 4.39 Å². The van der Waals surface area contributed by atoms with Crippen LogP contribution in [0.25, 0.3) is 10.9 Å². The average Bonchev–Trinajstić information content (AvgIpc) is 3.24. The topological polar surface area (TPSA) is 234 Å². The zero-order valence-electron chi connectivity index (χ0n) is 34.5. The number of piperazine rings is 1. The fraction of sp³-hybridized carbons (Fsp3) is 0.372. The highest BCUT2D eigenvalue weighted by Crippen LogP contribution is 2.27. The summed E-state index contributed by atoms with van der Waals surface area (Å²) in [6.07, 6.45) is 1.08. The largest absolute Gasteiger partial charge is 0.477 e. The molecule has 61 heavy (non-hydrogen) atoms. The molecule has 0 saturated carbocycles. The van der Waals surface area contributed by atoms with E-state index in [4.69, 9.17) is 10.5 Å². The minimum absolute atomic E-state index is 0.0309. The monoisotopic (exact) mass is 842 g/mol. The number of ether oxygens (including phenoxy) is 1. The van der Waals surface area contributed by atoms with Crippen molar-refractivity contribution in [3.8, 4) is 0 Å². The SMILES string of the molecule is CCn1cc(C(=O)O)c(=O)c2cc(F)c(N3CCN(C(=O)OCc4ccc(NC(=O)[C@H](CCCNC(N)=O)NC(=O)C(C)(C)C(=O)N[C@H](C)c5ccccc5)cc4)CC3)cc21. The van der Waals surface area contributed by atoms with Gasteiger partial charge in [-0.2, -0.15) is 0 Å². The molecule has 0 unspecified atom stereocenters. The van der Waals surface area contributed by atoms with Gasteiger partial charge in [-0.1, -0.05) is 42.5 Å². The van der Waals surface area contributed by atoms with Gasteiger partial charge in [0.25, 0.3) is 0 Å². The van der Waals surface area contributed by atoms with Crippen LogP contribution in [0, 0.1) is 11.2 Å². The number of hydrogen-bond acceptors (Lipinski definition) is 9. The summed E-state index contributed by atoms with van der Waals surface area (Å²) in [6, 6.07) is 16.2. The number of aromatic nitrogens is 1. The smallest absolute Gasteiger partial charge is 0.410 e. The first-order valence-corrected chi connectivity index (χ1v) is 19.9. The number of fused-ring (bicyclic) bond motifs is 1. The third-order valence-electron chi connectivity index (χ3n) is 10.6. The van der Waals surface area contributed by atoms with Crippen LogP contribution in [0.4, 0.5) is 25.4 Å². The van der Waals surface area contributed by atoms with Gasteiger partial charge in [0.15, 0.2) is 0 Å². The predicted octanol–water partition coefficient (Wildman–Crippen LogP) is 4.09. The Morgan fingerprint density at radius 3 is 2.21 bits per heavy atom. The predicted molar refractivity (Wildman–Crippen MR) is 225 cm³/mol. The molecule has 1 saturated heterocycles. The normalized spacial score (nSPS) is 13.8. The van der Waals surface area contributed by atoms with Crippen LogP contribution in [0.2, 0.25) is 0 Å². The lowest BCUT2D eigenvalue weighted by Gasteiger charge is -2.35. The van der Waals surface area contributed by atoms with Gasteiger partial charge in [0.1, 0.15) is 29.4 Å². The summed E-state index contributed by atoms with van der Waals surface area (Å²) in [7, 11) is 0. The number of primary amides is 1. The molecule has 2 heterocycles. The van der Waals surface area contributed by atoms with E-state index in [0.717, 1.165) is 11.6 Å². The highest BCUT2D eigenvalue weighted by molar-refractivity contribution is 6.06. The Kier molecular flexibility index (Phi) is 14.7. The van der Waals surface area contributed by atoms with Crippen molar-refractivity contribution in [2.45, 2.75) is 65.8 Å². The summed E-state index contributed by atoms with van der Waals surface area (Å²) in [5, 5.41) is 20.2. The molecular weight excluding hydrogens is 792 g/mol. The lowest BCUT2D eigenvalue weighted by atomic mass is 9.89. The summed E-state index contributed by atoms with van der Waals surface area (Å²) < 4.78 is 22.5. The van der Waals surface area contributed by atoms with E-state index < -0.39 is 64.1 Å². The number of carbonyl (C=O) groups is 6. The molecule has 1 aromatic heterocycles. The van der Waals surface area contributed by atoms with Gasteiger partial charge < -0.3 is 51.2 Å². The summed E-state index contributed by atoms with van der Waals surface area (Å²) >= 11 is 0. The second-order valence-electron chi connectivity index (χ2n) is 15.2. The molecular formula is C43H51FN8O9. The van der Waals surface area contributed by atoms with E-state index in [1.807, 2.05) is 30.3 Å². The zero-order chi connectivity index (χ0) is 44.4. The molecule has 6 amide bonds. The van der Waals surface area contributed by atoms with Gasteiger partial charge >= 0.3 is 18.1 Å². The third kappa shape index (κ3) is 11.2. The number of nitrogens with one attached hydrogen (secondary N) is 4. The molecule has 2 atom stereocenters. The zero-order valence-corrected chi connectivity index (χ0v) is 34.5. The summed E-state index contributed by atoms with van der Waals surface area (Å²) in [6.45, 7) is 7.95. The van der Waals surface area contributed by atoms with Crippen molar-refractivity contribution in [3.63, 3.8) is 0 Å². The van der Waals surface area contributed by atoms with Crippen LogP contribution in [0.15, 0.2) is 77.7 Å². The number of nitrogens with two attached hydrogens (primary N) is 1. The van der Waals surface area contributed by atoms with E-state index in [9.17, 15) is 38.7 Å². The Balaban J connectivity index is 1.15. The number of amides is 6. The first-order valence-electron chi connectivity index (χ1n) is 19.9. The Hall–Kier alpha value is -6.98. The molecule has 1 aliphatic heterocycles. The number of carbonyl (C=O) groups excluding carboxylic acids is 5. The molecule has 3 aromatic carbocycles. The average molecular weight is 843 g/mol. The lowest BCUT2D eigenvalue weighted by Crippen LogP contribution is -2.53. The first-order chi connectivity index (χ1) is 29.0. The number of anilines is 2. The molecule has 0 bridgehead atoms. The van der Waals surface area contributed by atoms with E-state index in [1.54, 1.807) is 47.6 Å². The molecule has 324 valence electrons. The van der Waals surface area contributed by atoms with Crippen molar-refractivity contribution in [1.82, 2.24) is 25.4 Å². The fourth-order valence-corrected chi connectivity index (χ4v) is 6.77. The second kappa shape index (κ2) is 19.8. The van der Waals surface area contributed by atoms with Crippen molar-refractivity contribution < 1.29 is 43.0 Å². The Bertz CT molecular complexity index is 2330. The standard InChI is InChI=1S/C43H51FN8O9/c1-5-50-24-31(38(55)56)36(53)30-22-32(44)35(23-34(30)50)51-18-20-52(21-19-51)42(60)61-25-27-13-15-29(16-14-27)48-37(54)33(12-9-17-46-41(45)59)49-40(58)43(3,4)39(57)47-26(2)28-10-7-6-8-11-28/h6-8,10-11,13-16,22-24,26,33H,5,9,12,17-21,25H2,1-4H3,(H,47,57)(H,48,54)(H,49,58)(H,55,56)(H3,45,46,59)/t26-,33+/m1/s1. The maximum Gasteiger partial charge on any atom is 0.410 e. The van der Waals surface area contributed by atoms with Gasteiger partial charge in [0.2, 0.25) is 23.2 Å². The van der Waals surface area contributed by atoms with Gasteiger partial charge in [-0.15, -0.1) is 0 Å². The third-order valence-corrected chi connectivity index (χ3v) is 10.6. The maximum absolute atomic E-state index is 15.3. The number of pyridine rings is 1. The number of carboxylic acids is 1. The highest BCUT2D eigenvalue weighted by atomic mass is 19.1. The van der Waals surface area contributed by atoms with Gasteiger partial charge in [0.05, 0.1) is 17.2 Å². The number of carboxylic acid groups (broad SMARTS) is 1. The van der Waals surface area contributed by atoms with Crippen LogP contribution < -0.4 is 37.3 Å². The van der Waals surface area contributed by atoms with Gasteiger partial charge in [-0.3, -0.25) is 19.2 Å². The molecule has 1 aliphatic rings. The fourth-order valence-electron chi connectivity index (χ4n) is 6.77. The van der Waals surface area contributed by atoms with E-state index in [2.05, 4.69) is 21.3 Å². The molecule has 0 aliphatic carbocycles. The summed E-state index contributed by atoms with van der Waals surface area (Å²) in [5.74, 6) is -3.83. The molecule has 18 heteroatoms. The molecule has 7 N–H and O–H groups in total. The Morgan fingerprint density at radius 1 is 0.934 bits per heavy atom. The number of halogens is 1. The van der Waals surface area contributed by atoms with Crippen LogP contribution in [-0.4, -0.2) is 89.2 Å². The second-order valence-corrected chi connectivity index (χ2v) is 15.2. The molecule has 0 radical (unpaired) electrons. The van der Waals surface area contributed by atoms with Gasteiger partial charge in [0, 0.05) is 56.5 Å². The highest BCUT2D eigenvalue weighted by Gasteiger charge is 2.39. The van der Waals surface area contributed by atoms with Crippen molar-refractivity contribution in [2.75, 3.05) is 42.9 Å². The minimum atomic E-state index is -1.55. The van der Waals surface area contributed by atoms with Crippen LogP contribution in [0.5, 0.6) is 0 Å². The quantitative estimate of drug-likeness (QED) is 0.0698. The van der Waals surface area contributed by atoms with Crippen LogP contribution in [0.1, 0.15) is 68.1 Å². The minimum Gasteiger partial charge on any atom is -0.477 e. The van der Waals surface area contributed by atoms with Crippen LogP contribution in [-0.2, 0) is 32.3 Å². The lowest BCUT2D eigenvalue weighted by molar-refractivity contribution is -0.143. The Labute approximate surface area is 351 Å². The molecule has 4 aromatic rings. The van der Waals surface area contributed by atoms with Gasteiger partial charge in [-0.05, 0) is 75.9 Å². The molecule has 17 nitrogen and oxygen atoms in total. The van der Waals surface area contributed by atoms with Crippen molar-refractivity contribution in [2.24, 2.45) is 11.1 Å². The van der Waals surface area contributed by atoms with Crippen LogP contribution in [0.3, 0.4) is 0 Å². The molecule has 5 rings (SSSR count). The summed E-state index contributed by atoms with van der Waals surface area (Å²) in [4.78, 5) is 92.0. The Morgan fingerprint density at radius 2 is 1.59 bits per heavy atom. The number of benzene rings is 3. The van der Waals surface area contributed by atoms with E-state index in [0.29, 0.717) is 23.3 Å². The number of aryl methyl sites for hydroxylation is 1. The maximum atomic E-state index is 15.3. The number of rotatable bonds is 16. The van der Waals surface area contributed by atoms with Crippen molar-refractivity contribution in [3.05, 3.63) is 106 Å². The van der Waals surface area contributed by atoms with Gasteiger partial charge in [-0.25, -0.2) is 18.8 Å². The number of nitrogens with zero attached hydrogens (tertiary/aromatic N) is 3. The number of aromatic carboxylic acids is 1. The van der Waals surface area contributed by atoms with Crippen LogP contribution >= 0.6 is 0 Å². The van der Waals surface area contributed by atoms with E-state index in [1.165, 1.54) is 31.0 Å². The number of urea groups is 1. The molecule has 0 spiro atoms. The summed E-state index contributed by atoms with van der Waals surface area (Å²) in [5.41, 5.74) is 4.91. The molecule has 1 fully saturated rings. The number of hydrogen-bond donors (Lipinski definition) is 6. The first kappa shape index (κ1) is 45.1. The van der Waals surface area contributed by atoms with Crippen molar-refractivity contribution >= 4 is 58.1 Å². The van der Waals surface area contributed by atoms with Crippen molar-refractivity contribution in [1.29, 1.82) is 0 Å².